The van der Waals surface area contributed by atoms with Crippen molar-refractivity contribution < 1.29 is 4.74 Å². The Morgan fingerprint density at radius 1 is 0.931 bits per heavy atom. The van der Waals surface area contributed by atoms with E-state index in [0.717, 1.165) is 35.8 Å². The summed E-state index contributed by atoms with van der Waals surface area (Å²) in [5, 5.41) is 0. The minimum Gasteiger partial charge on any atom is -0.494 e. The average molecular weight is 399 g/mol. The summed E-state index contributed by atoms with van der Waals surface area (Å²) in [5.74, 6) is 3.89. The molecular weight excluding hydrogens is 356 g/mol. The molecule has 2 aliphatic carbocycles. The lowest BCUT2D eigenvalue weighted by atomic mass is 9.70. The summed E-state index contributed by atoms with van der Waals surface area (Å²) in [5.41, 5.74) is 13.7. The van der Waals surface area contributed by atoms with E-state index in [0.29, 0.717) is 5.70 Å². The Morgan fingerprint density at radius 3 is 2.00 bits per heavy atom. The van der Waals surface area contributed by atoms with Crippen LogP contribution in [-0.2, 0) is 0 Å². The number of hydrogen-bond donors (Lipinski definition) is 2. The second kappa shape index (κ2) is 12.6. The minimum absolute atomic E-state index is 0.713. The standard InChI is InChI=1S/C20H30O.C6H12N2/c1-2-21-20-14-12-19(13-15-20)18-10-8-17(9-11-18)16-6-4-3-5-7-16;1-3-6(8)4-5(2)7/h12-18H,2-11H2,1H3;3-4H,7-8H2,1-2H3/b;5-4+,6-3+. The van der Waals surface area contributed by atoms with Gasteiger partial charge in [-0.1, -0.05) is 50.3 Å². The summed E-state index contributed by atoms with van der Waals surface area (Å²) in [4.78, 5) is 0. The van der Waals surface area contributed by atoms with Crippen molar-refractivity contribution in [2.45, 2.75) is 84.5 Å². The first-order valence-corrected chi connectivity index (χ1v) is 11.6. The van der Waals surface area contributed by atoms with Gasteiger partial charge in [-0.15, -0.1) is 0 Å². The van der Waals surface area contributed by atoms with Crippen LogP contribution in [0, 0.1) is 11.8 Å². The lowest BCUT2D eigenvalue weighted by molar-refractivity contribution is 0.186. The van der Waals surface area contributed by atoms with Crippen molar-refractivity contribution in [1.82, 2.24) is 0 Å². The Kier molecular flexibility index (Phi) is 10.2. The molecule has 3 heteroatoms. The molecule has 1 aromatic rings. The highest BCUT2D eigenvalue weighted by Gasteiger charge is 2.28. The molecule has 0 spiro atoms. The summed E-state index contributed by atoms with van der Waals surface area (Å²) in [6.45, 7) is 6.47. The zero-order valence-electron chi connectivity index (χ0n) is 18.8. The number of allylic oxidation sites excluding steroid dienone is 3. The molecule has 1 aromatic carbocycles. The summed E-state index contributed by atoms with van der Waals surface area (Å²) < 4.78 is 5.54. The maximum absolute atomic E-state index is 5.54. The average Bonchev–Trinajstić information content (AvgIpc) is 2.75. The van der Waals surface area contributed by atoms with Crippen LogP contribution in [0.4, 0.5) is 0 Å². The van der Waals surface area contributed by atoms with Gasteiger partial charge in [-0.3, -0.25) is 0 Å². The molecule has 0 aliphatic heterocycles. The fourth-order valence-corrected chi connectivity index (χ4v) is 4.88. The lowest BCUT2D eigenvalue weighted by Gasteiger charge is -2.36. The van der Waals surface area contributed by atoms with Gasteiger partial charge in [0.05, 0.1) is 6.61 Å². The van der Waals surface area contributed by atoms with Gasteiger partial charge in [0, 0.05) is 11.4 Å². The predicted octanol–water partition coefficient (Wildman–Crippen LogP) is 6.65. The molecule has 0 amide bonds. The second-order valence-electron chi connectivity index (χ2n) is 8.69. The van der Waals surface area contributed by atoms with Gasteiger partial charge in [-0.2, -0.15) is 0 Å². The zero-order valence-corrected chi connectivity index (χ0v) is 18.8. The maximum atomic E-state index is 5.54. The summed E-state index contributed by atoms with van der Waals surface area (Å²) in [6.07, 6.45) is 16.7. The van der Waals surface area contributed by atoms with Gasteiger partial charge < -0.3 is 16.2 Å². The molecule has 0 radical (unpaired) electrons. The van der Waals surface area contributed by atoms with Gasteiger partial charge in [-0.25, -0.2) is 0 Å². The third-order valence-corrected chi connectivity index (χ3v) is 6.48. The van der Waals surface area contributed by atoms with Crippen molar-refractivity contribution in [2.24, 2.45) is 23.3 Å². The molecule has 3 rings (SSSR count). The largest absolute Gasteiger partial charge is 0.494 e. The zero-order chi connectivity index (χ0) is 21.1. The van der Waals surface area contributed by atoms with Gasteiger partial charge >= 0.3 is 0 Å². The van der Waals surface area contributed by atoms with Crippen LogP contribution in [0.3, 0.4) is 0 Å². The monoisotopic (exact) mass is 398 g/mol. The van der Waals surface area contributed by atoms with Crippen molar-refractivity contribution in [1.29, 1.82) is 0 Å². The van der Waals surface area contributed by atoms with Crippen LogP contribution in [0.2, 0.25) is 0 Å². The first kappa shape index (κ1) is 23.4. The van der Waals surface area contributed by atoms with Crippen LogP contribution in [0.5, 0.6) is 5.75 Å². The maximum Gasteiger partial charge on any atom is 0.119 e. The number of ether oxygens (including phenoxy) is 1. The van der Waals surface area contributed by atoms with E-state index < -0.39 is 0 Å². The van der Waals surface area contributed by atoms with E-state index >= 15 is 0 Å². The molecule has 2 fully saturated rings. The molecule has 0 atom stereocenters. The molecule has 2 aliphatic rings. The van der Waals surface area contributed by atoms with Crippen LogP contribution >= 0.6 is 0 Å². The first-order valence-electron chi connectivity index (χ1n) is 11.6. The van der Waals surface area contributed by atoms with E-state index in [2.05, 4.69) is 24.3 Å². The minimum atomic E-state index is 0.713. The van der Waals surface area contributed by atoms with Crippen molar-refractivity contribution in [2.75, 3.05) is 6.61 Å². The van der Waals surface area contributed by atoms with Crippen molar-refractivity contribution >= 4 is 0 Å². The van der Waals surface area contributed by atoms with Crippen LogP contribution in [0.1, 0.15) is 90.0 Å². The van der Waals surface area contributed by atoms with E-state index in [1.165, 1.54) is 63.4 Å². The topological polar surface area (TPSA) is 61.3 Å². The molecule has 0 aromatic heterocycles. The molecule has 0 saturated heterocycles. The number of nitrogens with two attached hydrogens (primary N) is 2. The molecule has 0 bridgehead atoms. The van der Waals surface area contributed by atoms with Crippen LogP contribution in [0.15, 0.2) is 47.8 Å². The Balaban J connectivity index is 0.000000321. The summed E-state index contributed by atoms with van der Waals surface area (Å²) >= 11 is 0. The van der Waals surface area contributed by atoms with E-state index in [9.17, 15) is 0 Å². The molecule has 4 N–H and O–H groups in total. The predicted molar refractivity (Wildman–Crippen MR) is 125 cm³/mol. The highest BCUT2D eigenvalue weighted by Crippen LogP contribution is 2.43. The number of hydrogen-bond acceptors (Lipinski definition) is 3. The SMILES string of the molecule is C/C=C(N)\C=C(/C)N.CCOc1ccc(C2CCC(C3CCCCC3)CC2)cc1. The molecule has 0 unspecified atom stereocenters. The van der Waals surface area contributed by atoms with E-state index in [1.807, 2.05) is 13.8 Å². The number of benzene rings is 1. The fraction of sp³-hybridized carbons (Fsp3) is 0.615. The van der Waals surface area contributed by atoms with Gasteiger partial charge in [0.25, 0.3) is 0 Å². The summed E-state index contributed by atoms with van der Waals surface area (Å²) in [7, 11) is 0. The third-order valence-electron chi connectivity index (χ3n) is 6.48. The molecule has 162 valence electrons. The van der Waals surface area contributed by atoms with E-state index in [1.54, 1.807) is 19.1 Å². The Bertz CT molecular complexity index is 629. The van der Waals surface area contributed by atoms with Crippen LogP contribution in [0.25, 0.3) is 0 Å². The quantitative estimate of drug-likeness (QED) is 0.546. The summed E-state index contributed by atoms with van der Waals surface area (Å²) in [6, 6.07) is 8.87. The molecule has 0 heterocycles. The van der Waals surface area contributed by atoms with E-state index in [4.69, 9.17) is 16.2 Å². The normalized spacial score (nSPS) is 23.8. The van der Waals surface area contributed by atoms with Crippen LogP contribution < -0.4 is 16.2 Å². The molecule has 29 heavy (non-hydrogen) atoms. The van der Waals surface area contributed by atoms with Gasteiger partial charge in [0.1, 0.15) is 5.75 Å². The fourth-order valence-electron chi connectivity index (χ4n) is 4.88. The third kappa shape index (κ3) is 8.16. The lowest BCUT2D eigenvalue weighted by Crippen LogP contribution is -2.23. The number of rotatable bonds is 5. The van der Waals surface area contributed by atoms with Crippen LogP contribution in [-0.4, -0.2) is 6.61 Å². The molecule has 3 nitrogen and oxygen atoms in total. The Labute approximate surface area is 178 Å². The van der Waals surface area contributed by atoms with Gasteiger partial charge in [0.2, 0.25) is 0 Å². The van der Waals surface area contributed by atoms with Gasteiger partial charge in [0.15, 0.2) is 0 Å². The molecule has 2 saturated carbocycles. The highest BCUT2D eigenvalue weighted by atomic mass is 16.5. The van der Waals surface area contributed by atoms with Crippen molar-refractivity contribution in [3.63, 3.8) is 0 Å². The van der Waals surface area contributed by atoms with E-state index in [-0.39, 0.29) is 0 Å². The van der Waals surface area contributed by atoms with Crippen molar-refractivity contribution in [3.8, 4) is 5.75 Å². The second-order valence-corrected chi connectivity index (χ2v) is 8.69. The van der Waals surface area contributed by atoms with Gasteiger partial charge in [-0.05, 0) is 88.0 Å². The Hall–Kier alpha value is -1.90. The smallest absolute Gasteiger partial charge is 0.119 e. The first-order chi connectivity index (χ1) is 14.0. The highest BCUT2D eigenvalue weighted by molar-refractivity contribution is 5.29. The molecular formula is C26H42N2O. The Morgan fingerprint density at radius 2 is 1.52 bits per heavy atom. The van der Waals surface area contributed by atoms with Crippen molar-refractivity contribution in [3.05, 3.63) is 53.4 Å².